The van der Waals surface area contributed by atoms with Crippen LogP contribution < -0.4 is 0 Å². The lowest BCUT2D eigenvalue weighted by atomic mass is 10.2. The molecule has 1 N–H and O–H groups in total. The molecule has 2 aliphatic heterocycles. The van der Waals surface area contributed by atoms with Gasteiger partial charge in [0.05, 0.1) is 19.3 Å². The highest BCUT2D eigenvalue weighted by atomic mass is 16.7. The topological polar surface area (TPSA) is 45.2 Å². The zero-order valence-corrected chi connectivity index (χ0v) is 12.4. The van der Waals surface area contributed by atoms with Crippen molar-refractivity contribution in [3.8, 4) is 0 Å². The van der Waals surface area contributed by atoms with Crippen LogP contribution in [0.4, 0.5) is 0 Å². The number of hydrogen-bond donors (Lipinski definition) is 1. The highest BCUT2D eigenvalue weighted by molar-refractivity contribution is 4.85. The Bertz CT molecular complexity index is 307. The molecule has 20 heavy (non-hydrogen) atoms. The summed E-state index contributed by atoms with van der Waals surface area (Å²) in [5.41, 5.74) is 0. The average molecular weight is 284 g/mol. The molecular weight excluding hydrogens is 256 g/mol. The first-order valence-electron chi connectivity index (χ1n) is 8.17. The Morgan fingerprint density at radius 3 is 2.55 bits per heavy atom. The van der Waals surface area contributed by atoms with E-state index in [-0.39, 0.29) is 18.5 Å². The maximum absolute atomic E-state index is 9.03. The van der Waals surface area contributed by atoms with Gasteiger partial charge < -0.3 is 14.6 Å². The van der Waals surface area contributed by atoms with E-state index in [0.29, 0.717) is 0 Å². The van der Waals surface area contributed by atoms with Crippen molar-refractivity contribution >= 4 is 0 Å². The van der Waals surface area contributed by atoms with Gasteiger partial charge in [0.1, 0.15) is 0 Å². The highest BCUT2D eigenvalue weighted by Crippen LogP contribution is 2.39. The minimum absolute atomic E-state index is 0.223. The normalized spacial score (nSPS) is 31.9. The molecule has 1 spiro atoms. The molecule has 0 radical (unpaired) electrons. The monoisotopic (exact) mass is 284 g/mol. The van der Waals surface area contributed by atoms with Gasteiger partial charge in [-0.3, -0.25) is 9.80 Å². The summed E-state index contributed by atoms with van der Waals surface area (Å²) in [4.78, 5) is 4.85. The Labute approximate surface area is 121 Å². The summed E-state index contributed by atoms with van der Waals surface area (Å²) in [5, 5.41) is 9.03. The van der Waals surface area contributed by atoms with E-state index in [1.165, 1.54) is 19.3 Å². The maximum Gasteiger partial charge on any atom is 0.168 e. The third-order valence-electron chi connectivity index (χ3n) is 4.84. The number of nitrogens with zero attached hydrogens (tertiary/aromatic N) is 2. The van der Waals surface area contributed by atoms with Gasteiger partial charge in [0.25, 0.3) is 0 Å². The molecule has 1 unspecified atom stereocenters. The van der Waals surface area contributed by atoms with Crippen molar-refractivity contribution in [2.75, 3.05) is 52.5 Å². The van der Waals surface area contributed by atoms with E-state index in [0.717, 1.165) is 58.7 Å². The molecule has 3 rings (SSSR count). The summed E-state index contributed by atoms with van der Waals surface area (Å²) in [5.74, 6) is -0.223. The zero-order valence-electron chi connectivity index (χ0n) is 12.4. The third kappa shape index (κ3) is 3.52. The summed E-state index contributed by atoms with van der Waals surface area (Å²) < 4.78 is 12.2. The SMILES string of the molecule is OCCN1CCCN(CC2COC3(CCCC3)O2)CC1. The van der Waals surface area contributed by atoms with E-state index in [1.54, 1.807) is 0 Å². The van der Waals surface area contributed by atoms with Crippen LogP contribution in [0.25, 0.3) is 0 Å². The van der Waals surface area contributed by atoms with Gasteiger partial charge in [-0.25, -0.2) is 0 Å². The van der Waals surface area contributed by atoms with Gasteiger partial charge in [0, 0.05) is 39.0 Å². The lowest BCUT2D eigenvalue weighted by Crippen LogP contribution is -2.38. The van der Waals surface area contributed by atoms with Crippen molar-refractivity contribution < 1.29 is 14.6 Å². The Hall–Kier alpha value is -0.200. The zero-order chi connectivity index (χ0) is 13.8. The minimum atomic E-state index is -0.223. The molecular formula is C15H28N2O3. The fraction of sp³-hybridized carbons (Fsp3) is 1.00. The minimum Gasteiger partial charge on any atom is -0.395 e. The standard InChI is InChI=1S/C15H28N2O3/c18-11-10-16-6-3-7-17(9-8-16)12-14-13-19-15(20-14)4-1-2-5-15/h14,18H,1-13H2. The van der Waals surface area contributed by atoms with E-state index in [9.17, 15) is 0 Å². The molecule has 2 saturated heterocycles. The molecule has 1 atom stereocenters. The Kier molecular flexibility index (Phi) is 4.94. The summed E-state index contributed by atoms with van der Waals surface area (Å²) in [6, 6.07) is 0. The average Bonchev–Trinajstić information content (AvgIpc) is 3.00. The predicted molar refractivity (Wildman–Crippen MR) is 76.6 cm³/mol. The van der Waals surface area contributed by atoms with Gasteiger partial charge >= 0.3 is 0 Å². The molecule has 5 nitrogen and oxygen atoms in total. The molecule has 2 heterocycles. The van der Waals surface area contributed by atoms with E-state index in [4.69, 9.17) is 14.6 Å². The van der Waals surface area contributed by atoms with Crippen molar-refractivity contribution in [1.29, 1.82) is 0 Å². The van der Waals surface area contributed by atoms with Gasteiger partial charge in [-0.15, -0.1) is 0 Å². The quantitative estimate of drug-likeness (QED) is 0.822. The second-order valence-electron chi connectivity index (χ2n) is 6.39. The Morgan fingerprint density at radius 1 is 1.00 bits per heavy atom. The molecule has 5 heteroatoms. The maximum atomic E-state index is 9.03. The first-order valence-corrected chi connectivity index (χ1v) is 8.17. The van der Waals surface area contributed by atoms with Crippen LogP contribution in [0.5, 0.6) is 0 Å². The molecule has 116 valence electrons. The summed E-state index contributed by atoms with van der Waals surface area (Å²) >= 11 is 0. The summed E-state index contributed by atoms with van der Waals surface area (Å²) in [7, 11) is 0. The first-order chi connectivity index (χ1) is 9.80. The molecule has 1 aliphatic carbocycles. The smallest absolute Gasteiger partial charge is 0.168 e. The van der Waals surface area contributed by atoms with Crippen LogP contribution in [0, 0.1) is 0 Å². The van der Waals surface area contributed by atoms with Gasteiger partial charge in [0.2, 0.25) is 0 Å². The van der Waals surface area contributed by atoms with Gasteiger partial charge in [0.15, 0.2) is 5.79 Å². The van der Waals surface area contributed by atoms with Crippen LogP contribution >= 0.6 is 0 Å². The second kappa shape index (κ2) is 6.71. The fourth-order valence-corrected chi connectivity index (χ4v) is 3.74. The molecule has 0 bridgehead atoms. The number of β-amino-alcohol motifs (C(OH)–C–C–N with tert-alkyl or cyclic N) is 1. The second-order valence-corrected chi connectivity index (χ2v) is 6.39. The van der Waals surface area contributed by atoms with Gasteiger partial charge in [-0.2, -0.15) is 0 Å². The predicted octanol–water partition coefficient (Wildman–Crippen LogP) is 0.672. The molecule has 3 aliphatic rings. The Morgan fingerprint density at radius 2 is 1.75 bits per heavy atom. The largest absolute Gasteiger partial charge is 0.395 e. The van der Waals surface area contributed by atoms with E-state index in [1.807, 2.05) is 0 Å². The van der Waals surface area contributed by atoms with Crippen LogP contribution in [0.15, 0.2) is 0 Å². The van der Waals surface area contributed by atoms with Crippen molar-refractivity contribution in [3.05, 3.63) is 0 Å². The number of ether oxygens (including phenoxy) is 2. The van der Waals surface area contributed by atoms with Gasteiger partial charge in [-0.1, -0.05) is 0 Å². The van der Waals surface area contributed by atoms with Crippen LogP contribution in [0.1, 0.15) is 32.1 Å². The molecule has 1 saturated carbocycles. The van der Waals surface area contributed by atoms with E-state index >= 15 is 0 Å². The molecule has 0 aromatic heterocycles. The number of hydrogen-bond acceptors (Lipinski definition) is 5. The van der Waals surface area contributed by atoms with Crippen molar-refractivity contribution in [3.63, 3.8) is 0 Å². The van der Waals surface area contributed by atoms with Gasteiger partial charge in [-0.05, 0) is 32.4 Å². The molecule has 0 amide bonds. The van der Waals surface area contributed by atoms with Crippen LogP contribution in [-0.4, -0.2) is 79.3 Å². The van der Waals surface area contributed by atoms with E-state index in [2.05, 4.69) is 9.80 Å². The Balaban J connectivity index is 1.44. The molecule has 3 fully saturated rings. The molecule has 0 aromatic carbocycles. The fourth-order valence-electron chi connectivity index (χ4n) is 3.74. The van der Waals surface area contributed by atoms with Crippen LogP contribution in [-0.2, 0) is 9.47 Å². The lowest BCUT2D eigenvalue weighted by Gasteiger charge is -2.25. The number of rotatable bonds is 4. The first kappa shape index (κ1) is 14.7. The molecule has 0 aromatic rings. The summed E-state index contributed by atoms with van der Waals surface area (Å²) in [6.45, 7) is 7.19. The number of aliphatic hydroxyl groups is 1. The van der Waals surface area contributed by atoms with Crippen LogP contribution in [0.2, 0.25) is 0 Å². The number of aliphatic hydroxyl groups excluding tert-OH is 1. The highest BCUT2D eigenvalue weighted by Gasteiger charge is 2.43. The third-order valence-corrected chi connectivity index (χ3v) is 4.84. The van der Waals surface area contributed by atoms with Crippen LogP contribution in [0.3, 0.4) is 0 Å². The van der Waals surface area contributed by atoms with Crippen molar-refractivity contribution in [2.24, 2.45) is 0 Å². The van der Waals surface area contributed by atoms with E-state index < -0.39 is 0 Å². The summed E-state index contributed by atoms with van der Waals surface area (Å²) in [6.07, 6.45) is 6.07. The van der Waals surface area contributed by atoms with Crippen molar-refractivity contribution in [1.82, 2.24) is 9.80 Å². The van der Waals surface area contributed by atoms with Crippen molar-refractivity contribution in [2.45, 2.75) is 44.0 Å². The lowest BCUT2D eigenvalue weighted by molar-refractivity contribution is -0.163.